The van der Waals surface area contributed by atoms with Crippen molar-refractivity contribution in [3.8, 4) is 17.2 Å². The Bertz CT molecular complexity index is 1110. The van der Waals surface area contributed by atoms with Crippen LogP contribution in [0.1, 0.15) is 35.4 Å². The van der Waals surface area contributed by atoms with E-state index in [0.717, 1.165) is 46.1 Å². The van der Waals surface area contributed by atoms with E-state index < -0.39 is 0 Å². The Hall–Kier alpha value is -3.73. The molecule has 0 spiro atoms. The maximum Gasteiger partial charge on any atom is 0.213 e. The predicted molar refractivity (Wildman–Crippen MR) is 121 cm³/mol. The smallest absolute Gasteiger partial charge is 0.213 e. The average Bonchev–Trinajstić information content (AvgIpc) is 3.28. The summed E-state index contributed by atoms with van der Waals surface area (Å²) < 4.78 is 17.3. The van der Waals surface area contributed by atoms with Gasteiger partial charge >= 0.3 is 0 Å². The fraction of sp³-hybridized carbons (Fsp3) is 0.192. The molecule has 5 nitrogen and oxygen atoms in total. The van der Waals surface area contributed by atoms with Crippen LogP contribution in [0.2, 0.25) is 0 Å². The van der Waals surface area contributed by atoms with E-state index in [4.69, 9.17) is 19.3 Å². The minimum Gasteiger partial charge on any atom is -0.497 e. The van der Waals surface area contributed by atoms with E-state index in [1.165, 1.54) is 0 Å². The van der Waals surface area contributed by atoms with Gasteiger partial charge < -0.3 is 14.2 Å². The molecule has 0 saturated heterocycles. The summed E-state index contributed by atoms with van der Waals surface area (Å²) in [6.07, 6.45) is 2.27. The van der Waals surface area contributed by atoms with Crippen LogP contribution in [0.4, 0.5) is 0 Å². The first-order valence-electron chi connectivity index (χ1n) is 10.4. The van der Waals surface area contributed by atoms with Gasteiger partial charge in [0, 0.05) is 17.5 Å². The lowest BCUT2D eigenvalue weighted by molar-refractivity contribution is -0.0190. The molecule has 0 amide bonds. The minimum absolute atomic E-state index is 0.128. The first-order chi connectivity index (χ1) is 15.3. The molecular formula is C26H24N2O3. The highest BCUT2D eigenvalue weighted by Crippen LogP contribution is 2.47. The molecule has 0 aliphatic carbocycles. The van der Waals surface area contributed by atoms with E-state index in [9.17, 15) is 0 Å². The molecule has 0 N–H and O–H groups in total. The van der Waals surface area contributed by atoms with E-state index >= 15 is 0 Å². The number of benzene rings is 3. The van der Waals surface area contributed by atoms with Gasteiger partial charge in [0.15, 0.2) is 0 Å². The van der Waals surface area contributed by atoms with Crippen molar-refractivity contribution in [2.24, 2.45) is 5.10 Å². The molecule has 2 aliphatic heterocycles. The van der Waals surface area contributed by atoms with E-state index in [1.54, 1.807) is 13.2 Å². The molecule has 0 aromatic heterocycles. The fourth-order valence-corrected chi connectivity index (χ4v) is 4.10. The van der Waals surface area contributed by atoms with Gasteiger partial charge in [0.1, 0.15) is 23.9 Å². The quantitative estimate of drug-likeness (QED) is 0.501. The van der Waals surface area contributed by atoms with Gasteiger partial charge in [-0.05, 0) is 60.2 Å². The van der Waals surface area contributed by atoms with Crippen molar-refractivity contribution in [1.29, 1.82) is 0 Å². The van der Waals surface area contributed by atoms with E-state index in [0.29, 0.717) is 6.61 Å². The summed E-state index contributed by atoms with van der Waals surface area (Å²) in [7, 11) is 1.67. The topological polar surface area (TPSA) is 43.3 Å². The number of hydrogen-bond donors (Lipinski definition) is 0. The Kier molecular flexibility index (Phi) is 5.08. The number of nitrogens with zero attached hydrogens (tertiary/aromatic N) is 2. The fourth-order valence-electron chi connectivity index (χ4n) is 4.10. The van der Waals surface area contributed by atoms with Crippen LogP contribution in [-0.4, -0.2) is 24.4 Å². The summed E-state index contributed by atoms with van der Waals surface area (Å²) in [4.78, 5) is 0. The lowest BCUT2D eigenvalue weighted by Crippen LogP contribution is -2.33. The van der Waals surface area contributed by atoms with Crippen LogP contribution in [0.5, 0.6) is 17.2 Å². The molecule has 0 saturated carbocycles. The van der Waals surface area contributed by atoms with Crippen molar-refractivity contribution in [2.75, 3.05) is 13.7 Å². The summed E-state index contributed by atoms with van der Waals surface area (Å²) in [6.45, 7) is 4.18. The largest absolute Gasteiger partial charge is 0.497 e. The van der Waals surface area contributed by atoms with Crippen LogP contribution in [0.15, 0.2) is 90.6 Å². The molecule has 0 bridgehead atoms. The average molecular weight is 412 g/mol. The highest BCUT2D eigenvalue weighted by Gasteiger charge is 2.40. The van der Waals surface area contributed by atoms with Crippen molar-refractivity contribution in [2.45, 2.75) is 18.7 Å². The van der Waals surface area contributed by atoms with Crippen LogP contribution in [0.25, 0.3) is 0 Å². The van der Waals surface area contributed by atoms with Gasteiger partial charge in [-0.25, -0.2) is 5.01 Å². The van der Waals surface area contributed by atoms with Crippen molar-refractivity contribution in [3.05, 3.63) is 102 Å². The second-order valence-corrected chi connectivity index (χ2v) is 7.55. The number of rotatable bonds is 6. The Labute approximate surface area is 182 Å². The zero-order chi connectivity index (χ0) is 21.2. The van der Waals surface area contributed by atoms with Gasteiger partial charge in [-0.15, -0.1) is 0 Å². The highest BCUT2D eigenvalue weighted by molar-refractivity contribution is 6.02. The lowest BCUT2D eigenvalue weighted by atomic mass is 9.96. The van der Waals surface area contributed by atoms with Gasteiger partial charge in [-0.3, -0.25) is 0 Å². The van der Waals surface area contributed by atoms with Gasteiger partial charge in [0.05, 0.1) is 18.9 Å². The summed E-state index contributed by atoms with van der Waals surface area (Å²) in [5.74, 6) is 2.56. The molecule has 0 fully saturated rings. The highest BCUT2D eigenvalue weighted by atomic mass is 16.5. The molecule has 156 valence electrons. The first kappa shape index (κ1) is 19.2. The number of fused-ring (bicyclic) bond motifs is 3. The second-order valence-electron chi connectivity index (χ2n) is 7.55. The zero-order valence-corrected chi connectivity index (χ0v) is 17.4. The predicted octanol–water partition coefficient (Wildman–Crippen LogP) is 5.50. The van der Waals surface area contributed by atoms with Crippen molar-refractivity contribution in [1.82, 2.24) is 5.01 Å². The number of ether oxygens (including phenoxy) is 3. The molecule has 2 atom stereocenters. The first-order valence-corrected chi connectivity index (χ1v) is 10.4. The summed E-state index contributed by atoms with van der Waals surface area (Å²) in [5.41, 5.74) is 4.33. The number of methoxy groups -OCH3 is 1. The van der Waals surface area contributed by atoms with Crippen molar-refractivity contribution in [3.63, 3.8) is 0 Å². The Morgan fingerprint density at radius 3 is 2.52 bits per heavy atom. The zero-order valence-electron chi connectivity index (χ0n) is 17.4. The molecule has 31 heavy (non-hydrogen) atoms. The molecule has 2 heterocycles. The summed E-state index contributed by atoms with van der Waals surface area (Å²) in [6, 6.07) is 24.4. The van der Waals surface area contributed by atoms with Crippen LogP contribution in [0, 0.1) is 0 Å². The third-order valence-electron chi connectivity index (χ3n) is 5.66. The van der Waals surface area contributed by atoms with Gasteiger partial charge in [0.25, 0.3) is 0 Å². The second kappa shape index (κ2) is 8.19. The maximum absolute atomic E-state index is 6.40. The normalized spacial score (nSPS) is 19.0. The van der Waals surface area contributed by atoms with E-state index in [-0.39, 0.29) is 12.3 Å². The van der Waals surface area contributed by atoms with Crippen LogP contribution < -0.4 is 14.2 Å². The maximum atomic E-state index is 6.40. The van der Waals surface area contributed by atoms with E-state index in [1.807, 2.05) is 48.5 Å². The van der Waals surface area contributed by atoms with Crippen molar-refractivity contribution >= 4 is 5.71 Å². The third-order valence-corrected chi connectivity index (χ3v) is 5.66. The monoisotopic (exact) mass is 412 g/mol. The van der Waals surface area contributed by atoms with Crippen LogP contribution >= 0.6 is 0 Å². The van der Waals surface area contributed by atoms with Crippen LogP contribution in [-0.2, 0) is 0 Å². The van der Waals surface area contributed by atoms with Gasteiger partial charge in [-0.1, -0.05) is 30.9 Å². The molecule has 2 aliphatic rings. The number of hydrogen-bond acceptors (Lipinski definition) is 5. The van der Waals surface area contributed by atoms with Crippen LogP contribution in [0.3, 0.4) is 0 Å². The molecular weight excluding hydrogens is 388 g/mol. The lowest BCUT2D eigenvalue weighted by Gasteiger charge is -2.38. The third kappa shape index (κ3) is 3.63. The Morgan fingerprint density at radius 1 is 1.03 bits per heavy atom. The van der Waals surface area contributed by atoms with Crippen molar-refractivity contribution < 1.29 is 14.2 Å². The standard InChI is InChI=1S/C26H24N2O3/c1-3-16-30-21-14-8-18(9-15-21)23-17-24-22-6-4-5-7-25(22)31-26(28(24)27-23)19-10-12-20(29-2)13-11-19/h3-15,24,26H,1,16-17H2,2H3/t24-,26+/m1/s1. The molecule has 3 aromatic rings. The minimum atomic E-state index is -0.293. The summed E-state index contributed by atoms with van der Waals surface area (Å²) >= 11 is 0. The van der Waals surface area contributed by atoms with Gasteiger partial charge in [0.2, 0.25) is 6.23 Å². The molecule has 5 heteroatoms. The van der Waals surface area contributed by atoms with E-state index in [2.05, 4.69) is 35.9 Å². The number of hydrazone groups is 1. The summed E-state index contributed by atoms with van der Waals surface area (Å²) in [5, 5.41) is 7.09. The van der Waals surface area contributed by atoms with Gasteiger partial charge in [-0.2, -0.15) is 5.10 Å². The Morgan fingerprint density at radius 2 is 1.77 bits per heavy atom. The molecule has 5 rings (SSSR count). The molecule has 0 unspecified atom stereocenters. The SMILES string of the molecule is C=CCOc1ccc(C2=NN3[C@H](C2)c2ccccc2O[C@H]3c2ccc(OC)cc2)cc1. The molecule has 0 radical (unpaired) electrons. The Balaban J connectivity index is 1.48. The molecule has 3 aromatic carbocycles. The number of para-hydroxylation sites is 1.